The lowest BCUT2D eigenvalue weighted by Crippen LogP contribution is -2.09. The maximum atomic E-state index is 11.4. The molecule has 0 unspecified atom stereocenters. The Morgan fingerprint density at radius 1 is 1.12 bits per heavy atom. The van der Waals surface area contributed by atoms with Crippen LogP contribution in [0.25, 0.3) is 11.3 Å². The number of halogens is 1. The number of rotatable bonds is 4. The highest BCUT2D eigenvalue weighted by atomic mass is 35.5. The van der Waals surface area contributed by atoms with Gasteiger partial charge in [-0.25, -0.2) is 4.79 Å². The minimum Gasteiger partial charge on any atom is -0.478 e. The Bertz CT molecular complexity index is 867. The number of carbonyl (C=O) groups is 1. The monoisotopic (exact) mass is 339 g/mol. The third kappa shape index (κ3) is 3.21. The average molecular weight is 340 g/mol. The number of nitrogens with zero attached hydrogens (tertiary/aromatic N) is 3. The molecule has 0 bridgehead atoms. The summed E-state index contributed by atoms with van der Waals surface area (Å²) < 4.78 is 1.30. The summed E-state index contributed by atoms with van der Waals surface area (Å²) in [6.07, 6.45) is 5.00. The predicted molar refractivity (Wildman–Crippen MR) is 93.6 cm³/mol. The average Bonchev–Trinajstić information content (AvgIpc) is 2.62. The van der Waals surface area contributed by atoms with Crippen LogP contribution in [0.4, 0.5) is 11.4 Å². The van der Waals surface area contributed by atoms with Gasteiger partial charge in [0.05, 0.1) is 28.8 Å². The Kier molecular flexibility index (Phi) is 4.44. The summed E-state index contributed by atoms with van der Waals surface area (Å²) in [6, 6.07) is 12.4. The van der Waals surface area contributed by atoms with Gasteiger partial charge in [-0.2, -0.15) is 0 Å². The second-order valence-electron chi connectivity index (χ2n) is 5.24. The van der Waals surface area contributed by atoms with Gasteiger partial charge in [-0.05, 0) is 43.3 Å². The molecule has 0 saturated carbocycles. The first-order chi connectivity index (χ1) is 11.6. The van der Waals surface area contributed by atoms with Crippen molar-refractivity contribution < 1.29 is 9.90 Å². The molecular formula is C18H14ClN3O2. The normalized spacial score (nSPS) is 10.4. The molecule has 6 heteroatoms. The van der Waals surface area contributed by atoms with Crippen LogP contribution in [-0.4, -0.2) is 21.0 Å². The Morgan fingerprint density at radius 2 is 1.88 bits per heavy atom. The van der Waals surface area contributed by atoms with Crippen molar-refractivity contribution in [1.29, 1.82) is 0 Å². The molecule has 0 radical (unpaired) electrons. The molecule has 5 nitrogen and oxygen atoms in total. The Morgan fingerprint density at radius 3 is 2.50 bits per heavy atom. The van der Waals surface area contributed by atoms with Gasteiger partial charge in [0.1, 0.15) is 0 Å². The third-order valence-corrected chi connectivity index (χ3v) is 3.92. The summed E-state index contributed by atoms with van der Waals surface area (Å²) in [5, 5.41) is 9.37. The summed E-state index contributed by atoms with van der Waals surface area (Å²) in [4.78, 5) is 19.8. The van der Waals surface area contributed by atoms with Crippen molar-refractivity contribution in [2.24, 2.45) is 0 Å². The van der Waals surface area contributed by atoms with Crippen LogP contribution in [0.5, 0.6) is 0 Å². The number of benzene rings is 1. The molecule has 1 N–H and O–H groups in total. The Labute approximate surface area is 144 Å². The zero-order chi connectivity index (χ0) is 17.1. The van der Waals surface area contributed by atoms with Crippen LogP contribution >= 0.6 is 11.8 Å². The number of aryl methyl sites for hydroxylation is 1. The molecule has 3 rings (SSSR count). The van der Waals surface area contributed by atoms with E-state index in [4.69, 9.17) is 11.8 Å². The van der Waals surface area contributed by atoms with Gasteiger partial charge in [0, 0.05) is 29.7 Å². The zero-order valence-electron chi connectivity index (χ0n) is 12.8. The molecule has 0 spiro atoms. The fraction of sp³-hybridized carbons (Fsp3) is 0.0556. The van der Waals surface area contributed by atoms with E-state index in [1.807, 2.05) is 31.2 Å². The molecule has 0 atom stereocenters. The molecule has 0 aliphatic carbocycles. The van der Waals surface area contributed by atoms with Crippen molar-refractivity contribution >= 4 is 29.1 Å². The van der Waals surface area contributed by atoms with E-state index in [0.29, 0.717) is 11.4 Å². The number of hydrogen-bond donors (Lipinski definition) is 1. The molecule has 0 aliphatic heterocycles. The maximum absolute atomic E-state index is 11.4. The lowest BCUT2D eigenvalue weighted by Gasteiger charge is -2.18. The van der Waals surface area contributed by atoms with Gasteiger partial charge in [0.2, 0.25) is 0 Å². The van der Waals surface area contributed by atoms with Crippen LogP contribution in [0, 0.1) is 6.92 Å². The van der Waals surface area contributed by atoms with Crippen molar-refractivity contribution in [3.63, 3.8) is 0 Å². The van der Waals surface area contributed by atoms with Gasteiger partial charge >= 0.3 is 5.97 Å². The molecule has 0 aliphatic rings. The summed E-state index contributed by atoms with van der Waals surface area (Å²) >= 11 is 6.35. The SMILES string of the molecule is Cc1ccc(N(Cl)c2ccc(-c3ccncc3)nc2)c(C(=O)O)c1. The first-order valence-electron chi connectivity index (χ1n) is 7.22. The van der Waals surface area contributed by atoms with Crippen LogP contribution in [0.2, 0.25) is 0 Å². The molecule has 3 aromatic rings. The van der Waals surface area contributed by atoms with Crippen molar-refractivity contribution in [3.8, 4) is 11.3 Å². The van der Waals surface area contributed by atoms with Crippen molar-refractivity contribution in [3.05, 3.63) is 72.2 Å². The fourth-order valence-electron chi connectivity index (χ4n) is 2.33. The number of carboxylic acids is 1. The van der Waals surface area contributed by atoms with Gasteiger partial charge in [-0.15, -0.1) is 0 Å². The minimum atomic E-state index is -1.03. The van der Waals surface area contributed by atoms with Crippen LogP contribution in [0.15, 0.2) is 61.1 Å². The third-order valence-electron chi connectivity index (χ3n) is 3.54. The minimum absolute atomic E-state index is 0.142. The van der Waals surface area contributed by atoms with Crippen LogP contribution < -0.4 is 4.42 Å². The molecule has 2 aromatic heterocycles. The van der Waals surface area contributed by atoms with Gasteiger partial charge in [0.15, 0.2) is 0 Å². The summed E-state index contributed by atoms with van der Waals surface area (Å²) in [5.74, 6) is -1.03. The maximum Gasteiger partial charge on any atom is 0.337 e. The number of anilines is 2. The Balaban J connectivity index is 1.94. The summed E-state index contributed by atoms with van der Waals surface area (Å²) in [7, 11) is 0. The van der Waals surface area contributed by atoms with Gasteiger partial charge in [0.25, 0.3) is 0 Å². The predicted octanol–water partition coefficient (Wildman–Crippen LogP) is 4.44. The molecule has 0 amide bonds. The van der Waals surface area contributed by atoms with Crippen molar-refractivity contribution in [2.45, 2.75) is 6.92 Å². The highest BCUT2D eigenvalue weighted by molar-refractivity contribution is 6.30. The largest absolute Gasteiger partial charge is 0.478 e. The quantitative estimate of drug-likeness (QED) is 0.712. The lowest BCUT2D eigenvalue weighted by molar-refractivity contribution is 0.0697. The second-order valence-corrected chi connectivity index (χ2v) is 5.58. The smallest absolute Gasteiger partial charge is 0.337 e. The zero-order valence-corrected chi connectivity index (χ0v) is 13.6. The number of pyridine rings is 2. The van der Waals surface area contributed by atoms with Crippen LogP contribution in [0.3, 0.4) is 0 Å². The molecule has 2 heterocycles. The Hall–Kier alpha value is -2.92. The van der Waals surface area contributed by atoms with E-state index in [9.17, 15) is 9.90 Å². The van der Waals surface area contributed by atoms with E-state index < -0.39 is 5.97 Å². The van der Waals surface area contributed by atoms with Gasteiger partial charge in [-0.3, -0.25) is 14.4 Å². The highest BCUT2D eigenvalue weighted by Crippen LogP contribution is 2.32. The number of carboxylic acid groups (broad SMARTS) is 1. The van der Waals surface area contributed by atoms with Crippen molar-refractivity contribution in [2.75, 3.05) is 4.42 Å². The second kappa shape index (κ2) is 6.68. The standard InChI is InChI=1S/C18H14ClN3O2/c1-12-2-5-17(15(10-12)18(23)24)22(19)14-3-4-16(21-11-14)13-6-8-20-9-7-13/h2-11H,1H3,(H,23,24). The molecular weight excluding hydrogens is 326 g/mol. The molecule has 0 fully saturated rings. The fourth-order valence-corrected chi connectivity index (χ4v) is 2.57. The first-order valence-corrected chi connectivity index (χ1v) is 7.56. The number of aromatic carboxylic acids is 1. The molecule has 0 saturated heterocycles. The molecule has 120 valence electrons. The summed E-state index contributed by atoms with van der Waals surface area (Å²) in [5.41, 5.74) is 3.71. The van der Waals surface area contributed by atoms with E-state index >= 15 is 0 Å². The van der Waals surface area contributed by atoms with E-state index in [2.05, 4.69) is 9.97 Å². The number of aromatic nitrogens is 2. The van der Waals surface area contributed by atoms with Crippen LogP contribution in [0.1, 0.15) is 15.9 Å². The topological polar surface area (TPSA) is 66.3 Å². The number of hydrogen-bond acceptors (Lipinski definition) is 4. The van der Waals surface area contributed by atoms with Gasteiger partial charge < -0.3 is 5.11 Å². The first kappa shape index (κ1) is 16.0. The van der Waals surface area contributed by atoms with E-state index in [0.717, 1.165) is 16.8 Å². The highest BCUT2D eigenvalue weighted by Gasteiger charge is 2.17. The van der Waals surface area contributed by atoms with E-state index in [1.165, 1.54) is 4.42 Å². The van der Waals surface area contributed by atoms with E-state index in [-0.39, 0.29) is 5.56 Å². The van der Waals surface area contributed by atoms with Gasteiger partial charge in [-0.1, -0.05) is 11.6 Å². The molecule has 24 heavy (non-hydrogen) atoms. The molecule has 1 aromatic carbocycles. The summed E-state index contributed by atoms with van der Waals surface area (Å²) in [6.45, 7) is 1.83. The lowest BCUT2D eigenvalue weighted by atomic mass is 10.1. The van der Waals surface area contributed by atoms with Crippen molar-refractivity contribution in [1.82, 2.24) is 9.97 Å². The van der Waals surface area contributed by atoms with E-state index in [1.54, 1.807) is 36.8 Å². The van der Waals surface area contributed by atoms with Crippen LogP contribution in [-0.2, 0) is 0 Å².